The molecule has 0 saturated heterocycles. The van der Waals surface area contributed by atoms with Gasteiger partial charge in [0.2, 0.25) is 0 Å². The maximum Gasteiger partial charge on any atom is 0.255 e. The predicted molar refractivity (Wildman–Crippen MR) is 72.9 cm³/mol. The second-order valence-corrected chi connectivity index (χ2v) is 4.62. The van der Waals surface area contributed by atoms with Gasteiger partial charge in [-0.25, -0.2) is 4.39 Å². The Kier molecular flexibility index (Phi) is 3.62. The van der Waals surface area contributed by atoms with Crippen molar-refractivity contribution in [3.8, 4) is 0 Å². The number of hydrogen-bond acceptors (Lipinski definition) is 2. The van der Waals surface area contributed by atoms with Crippen LogP contribution in [0.2, 0.25) is 0 Å². The predicted octanol–water partition coefficient (Wildman–Crippen LogP) is 3.42. The standard InChI is InChI=1S/C13H10BrFN2O/c14-9-3-1-2-8(6-9)13(18)17-12-5-4-10(16)7-11(12)15/h1-7H,16H2,(H,17,18). The Morgan fingerprint density at radius 1 is 1.22 bits per heavy atom. The number of benzene rings is 2. The molecular weight excluding hydrogens is 299 g/mol. The van der Waals surface area contributed by atoms with Crippen molar-refractivity contribution in [3.63, 3.8) is 0 Å². The second-order valence-electron chi connectivity index (χ2n) is 3.70. The fraction of sp³-hybridized carbons (Fsp3) is 0. The highest BCUT2D eigenvalue weighted by Crippen LogP contribution is 2.18. The lowest BCUT2D eigenvalue weighted by Crippen LogP contribution is -2.13. The van der Waals surface area contributed by atoms with E-state index in [1.165, 1.54) is 12.1 Å². The Morgan fingerprint density at radius 3 is 2.67 bits per heavy atom. The van der Waals surface area contributed by atoms with Crippen LogP contribution in [0, 0.1) is 5.82 Å². The van der Waals surface area contributed by atoms with E-state index in [0.717, 1.165) is 10.5 Å². The van der Waals surface area contributed by atoms with E-state index >= 15 is 0 Å². The first-order chi connectivity index (χ1) is 8.56. The van der Waals surface area contributed by atoms with Gasteiger partial charge in [0.05, 0.1) is 5.69 Å². The molecule has 2 aromatic rings. The lowest BCUT2D eigenvalue weighted by molar-refractivity contribution is 0.102. The van der Waals surface area contributed by atoms with E-state index < -0.39 is 5.82 Å². The summed E-state index contributed by atoms with van der Waals surface area (Å²) in [7, 11) is 0. The summed E-state index contributed by atoms with van der Waals surface area (Å²) in [5.74, 6) is -0.932. The lowest BCUT2D eigenvalue weighted by Gasteiger charge is -2.07. The molecule has 0 aromatic heterocycles. The molecule has 0 saturated carbocycles. The van der Waals surface area contributed by atoms with Gasteiger partial charge >= 0.3 is 0 Å². The van der Waals surface area contributed by atoms with E-state index in [2.05, 4.69) is 21.2 Å². The normalized spacial score (nSPS) is 10.1. The SMILES string of the molecule is Nc1ccc(NC(=O)c2cccc(Br)c2)c(F)c1. The largest absolute Gasteiger partial charge is 0.399 e. The van der Waals surface area contributed by atoms with Crippen molar-refractivity contribution in [3.05, 3.63) is 58.3 Å². The van der Waals surface area contributed by atoms with Gasteiger partial charge in [0, 0.05) is 15.7 Å². The summed E-state index contributed by atoms with van der Waals surface area (Å²) in [5, 5.41) is 2.49. The van der Waals surface area contributed by atoms with Crippen molar-refractivity contribution in [1.82, 2.24) is 0 Å². The van der Waals surface area contributed by atoms with Gasteiger partial charge in [-0.05, 0) is 36.4 Å². The van der Waals surface area contributed by atoms with E-state index in [9.17, 15) is 9.18 Å². The monoisotopic (exact) mass is 308 g/mol. The van der Waals surface area contributed by atoms with Gasteiger partial charge in [-0.2, -0.15) is 0 Å². The molecule has 0 heterocycles. The fourth-order valence-corrected chi connectivity index (χ4v) is 1.86. The maximum atomic E-state index is 13.5. The van der Waals surface area contributed by atoms with Crippen molar-refractivity contribution in [2.75, 3.05) is 11.1 Å². The van der Waals surface area contributed by atoms with Gasteiger partial charge in [-0.1, -0.05) is 22.0 Å². The highest BCUT2D eigenvalue weighted by Gasteiger charge is 2.09. The highest BCUT2D eigenvalue weighted by atomic mass is 79.9. The first-order valence-corrected chi connectivity index (χ1v) is 5.97. The minimum absolute atomic E-state index is 0.106. The van der Waals surface area contributed by atoms with Crippen LogP contribution in [0.15, 0.2) is 46.9 Å². The average molecular weight is 309 g/mol. The molecule has 0 fully saturated rings. The lowest BCUT2D eigenvalue weighted by atomic mass is 10.2. The number of nitrogen functional groups attached to an aromatic ring is 1. The third-order valence-electron chi connectivity index (χ3n) is 2.33. The van der Waals surface area contributed by atoms with Crippen LogP contribution in [0.3, 0.4) is 0 Å². The van der Waals surface area contributed by atoms with Gasteiger partial charge in [0.25, 0.3) is 5.91 Å². The molecule has 3 nitrogen and oxygen atoms in total. The zero-order chi connectivity index (χ0) is 13.1. The van der Waals surface area contributed by atoms with Crippen LogP contribution in [0.1, 0.15) is 10.4 Å². The summed E-state index contributed by atoms with van der Waals surface area (Å²) < 4.78 is 14.3. The summed E-state index contributed by atoms with van der Waals surface area (Å²) in [4.78, 5) is 11.9. The van der Waals surface area contributed by atoms with Crippen molar-refractivity contribution >= 4 is 33.2 Å². The number of anilines is 2. The Bertz CT molecular complexity index is 601. The molecule has 0 spiro atoms. The molecule has 0 aliphatic carbocycles. The highest BCUT2D eigenvalue weighted by molar-refractivity contribution is 9.10. The zero-order valence-electron chi connectivity index (χ0n) is 9.28. The molecule has 2 rings (SSSR count). The van der Waals surface area contributed by atoms with Crippen LogP contribution < -0.4 is 11.1 Å². The van der Waals surface area contributed by atoms with Crippen molar-refractivity contribution in [2.45, 2.75) is 0 Å². The fourth-order valence-electron chi connectivity index (χ4n) is 1.46. The van der Waals surface area contributed by atoms with E-state index in [1.54, 1.807) is 24.3 Å². The molecule has 92 valence electrons. The zero-order valence-corrected chi connectivity index (χ0v) is 10.9. The molecule has 0 unspecified atom stereocenters. The first-order valence-electron chi connectivity index (χ1n) is 5.18. The smallest absolute Gasteiger partial charge is 0.255 e. The number of nitrogens with two attached hydrogens (primary N) is 1. The summed E-state index contributed by atoms with van der Waals surface area (Å²) in [6.45, 7) is 0. The number of nitrogens with one attached hydrogen (secondary N) is 1. The van der Waals surface area contributed by atoms with Crippen LogP contribution in [0.25, 0.3) is 0 Å². The summed E-state index contributed by atoms with van der Waals surface area (Å²) in [5.41, 5.74) is 6.29. The number of halogens is 2. The van der Waals surface area contributed by atoms with E-state index in [0.29, 0.717) is 11.3 Å². The average Bonchev–Trinajstić information content (AvgIpc) is 2.32. The Balaban J connectivity index is 2.21. The number of carbonyl (C=O) groups is 1. The van der Waals surface area contributed by atoms with Crippen molar-refractivity contribution in [1.29, 1.82) is 0 Å². The summed E-state index contributed by atoms with van der Waals surface area (Å²) in [6, 6.07) is 11.0. The number of carbonyl (C=O) groups excluding carboxylic acids is 1. The summed E-state index contributed by atoms with van der Waals surface area (Å²) in [6.07, 6.45) is 0. The van der Waals surface area contributed by atoms with Crippen LogP contribution >= 0.6 is 15.9 Å². The topological polar surface area (TPSA) is 55.1 Å². The van der Waals surface area contributed by atoms with E-state index in [4.69, 9.17) is 5.73 Å². The first kappa shape index (κ1) is 12.6. The number of rotatable bonds is 2. The van der Waals surface area contributed by atoms with Crippen LogP contribution in [0.4, 0.5) is 15.8 Å². The minimum atomic E-state index is -0.557. The molecular formula is C13H10BrFN2O. The van der Waals surface area contributed by atoms with E-state index in [-0.39, 0.29) is 11.6 Å². The van der Waals surface area contributed by atoms with Crippen LogP contribution in [0.5, 0.6) is 0 Å². The molecule has 18 heavy (non-hydrogen) atoms. The van der Waals surface area contributed by atoms with Gasteiger partial charge in [0.1, 0.15) is 5.82 Å². The molecule has 0 aliphatic heterocycles. The molecule has 0 bridgehead atoms. The molecule has 0 aliphatic rings. The maximum absolute atomic E-state index is 13.5. The molecule has 1 amide bonds. The van der Waals surface area contributed by atoms with Gasteiger partial charge in [-0.15, -0.1) is 0 Å². The Morgan fingerprint density at radius 2 is 2.00 bits per heavy atom. The van der Waals surface area contributed by atoms with Gasteiger partial charge < -0.3 is 11.1 Å². The Hall–Kier alpha value is -1.88. The summed E-state index contributed by atoms with van der Waals surface area (Å²) >= 11 is 3.27. The van der Waals surface area contributed by atoms with Crippen molar-refractivity contribution < 1.29 is 9.18 Å². The van der Waals surface area contributed by atoms with Crippen LogP contribution in [-0.4, -0.2) is 5.91 Å². The third kappa shape index (κ3) is 2.87. The minimum Gasteiger partial charge on any atom is -0.399 e. The second kappa shape index (κ2) is 5.18. The van der Waals surface area contributed by atoms with Gasteiger partial charge in [0.15, 0.2) is 0 Å². The molecule has 5 heteroatoms. The van der Waals surface area contributed by atoms with Gasteiger partial charge in [-0.3, -0.25) is 4.79 Å². The third-order valence-corrected chi connectivity index (χ3v) is 2.82. The quantitative estimate of drug-likeness (QED) is 0.835. The van der Waals surface area contributed by atoms with Crippen molar-refractivity contribution in [2.24, 2.45) is 0 Å². The molecule has 2 aromatic carbocycles. The number of hydrogen-bond donors (Lipinski definition) is 2. The number of amides is 1. The molecule has 3 N–H and O–H groups in total. The van der Waals surface area contributed by atoms with E-state index in [1.807, 2.05) is 0 Å². The molecule has 0 radical (unpaired) electrons. The Labute approximate surface area is 112 Å². The molecule has 0 atom stereocenters. The van der Waals surface area contributed by atoms with Crippen LogP contribution in [-0.2, 0) is 0 Å².